The molecule has 2 unspecified atom stereocenters. The highest BCUT2D eigenvalue weighted by molar-refractivity contribution is 6.44. The molecule has 10 N–H and O–H groups in total. The lowest BCUT2D eigenvalue weighted by molar-refractivity contribution is -0.132. The van der Waals surface area contributed by atoms with Crippen molar-refractivity contribution < 1.29 is 73.2 Å². The highest BCUT2D eigenvalue weighted by Gasteiger charge is 2.37. The van der Waals surface area contributed by atoms with Crippen LogP contribution in [0.1, 0.15) is 75.6 Å². The number of hydrogen-bond donors (Lipinski definition) is 10. The summed E-state index contributed by atoms with van der Waals surface area (Å²) in [6.45, 7) is 6.32. The molecule has 0 saturated heterocycles. The van der Waals surface area contributed by atoms with E-state index in [9.17, 15) is 49.5 Å². The van der Waals surface area contributed by atoms with Crippen LogP contribution in [0.2, 0.25) is 0 Å². The average Bonchev–Trinajstić information content (AvgIpc) is 3.27. The maximum absolute atomic E-state index is 13.1. The third kappa shape index (κ3) is 14.4. The second-order valence-electron chi connectivity index (χ2n) is 16.9. The van der Waals surface area contributed by atoms with Crippen molar-refractivity contribution in [1.29, 1.82) is 0 Å². The number of aryl methyl sites for hydroxylation is 1. The number of nitrogens with one attached hydrogen (secondary N) is 4. The van der Waals surface area contributed by atoms with Gasteiger partial charge in [0.2, 0.25) is 35.1 Å². The number of amides is 4. The molecule has 64 heavy (non-hydrogen) atoms. The monoisotopic (exact) mass is 902 g/mol. The smallest absolute Gasteiger partial charge is 0.475 e. The predicted molar refractivity (Wildman–Crippen MR) is 238 cm³/mol. The Balaban J connectivity index is 0.000000346. The van der Waals surface area contributed by atoms with E-state index in [0.717, 1.165) is 34.4 Å². The molecule has 2 aromatic rings. The zero-order valence-corrected chi connectivity index (χ0v) is 38.4. The summed E-state index contributed by atoms with van der Waals surface area (Å²) < 4.78 is 27.4. The number of aliphatic hydroxyl groups is 2. The van der Waals surface area contributed by atoms with Crippen molar-refractivity contribution in [2.24, 2.45) is 23.7 Å². The number of hydrogen-bond acceptors (Lipinski definition) is 15. The first-order valence-corrected chi connectivity index (χ1v) is 21.6. The maximum atomic E-state index is 13.1. The molecule has 2 aliphatic rings. The lowest BCUT2D eigenvalue weighted by atomic mass is 9.75. The molecule has 0 spiro atoms. The molecular weight excluding hydrogens is 834 g/mol. The van der Waals surface area contributed by atoms with Crippen LogP contribution in [0.15, 0.2) is 18.2 Å². The second-order valence-corrected chi connectivity index (χ2v) is 16.9. The Kier molecular flexibility index (Phi) is 21.4. The fraction of sp³-hybridized carbons (Fsp3) is 0.628. The molecule has 0 fully saturated rings. The van der Waals surface area contributed by atoms with E-state index in [-0.39, 0.29) is 23.7 Å². The summed E-state index contributed by atoms with van der Waals surface area (Å²) in [5, 5.41) is 67.6. The van der Waals surface area contributed by atoms with Gasteiger partial charge in [-0.1, -0.05) is 33.8 Å². The molecule has 0 bridgehead atoms. The summed E-state index contributed by atoms with van der Waals surface area (Å²) in [6, 6.07) is 3.40. The summed E-state index contributed by atoms with van der Waals surface area (Å²) in [6.07, 6.45) is 3.86. The molecular formula is C43H68B2N4O15. The Morgan fingerprint density at radius 2 is 1.03 bits per heavy atom. The van der Waals surface area contributed by atoms with Gasteiger partial charge in [0.25, 0.3) is 0 Å². The fourth-order valence-electron chi connectivity index (χ4n) is 8.07. The minimum Gasteiger partial charge on any atom is -0.497 e. The van der Waals surface area contributed by atoms with E-state index in [1.54, 1.807) is 7.11 Å². The molecule has 4 rings (SSSR count). The van der Waals surface area contributed by atoms with Gasteiger partial charge in [0.05, 0.1) is 60.6 Å². The van der Waals surface area contributed by atoms with Crippen molar-refractivity contribution in [3.63, 3.8) is 0 Å². The molecule has 21 heteroatoms. The van der Waals surface area contributed by atoms with Gasteiger partial charge in [0.15, 0.2) is 11.5 Å². The van der Waals surface area contributed by atoms with Gasteiger partial charge in [0.1, 0.15) is 17.8 Å². The molecule has 0 radical (unpaired) electrons. The standard InChI is InChI=1S/C23H37BN2O9.C20H31BN2O6/c1-12(2)9-17(24(30)31)26-23(29)16(11-27)25-22(28)13-7-8-14-15(10-13)19(33-4)21(35-6)20(34-5)18(14)32-3;1-12(2)8-18(21(27)28)23-20(26)17(11-24)22-19(25)15-5-4-14-10-16(29-3)7-6-13(14)9-15/h12-13,16-17,27,30-31H,7-11H2,1-6H3,(H,25,28)(H,26,29);6-7,10,12,15,17-18,24,27-28H,4-5,8-9,11H2,1-3H3,(H,22,25)(H,23,26)/t13?,16-,17-;15?,17-,18-/m00/s1. The van der Waals surface area contributed by atoms with E-state index in [1.165, 1.54) is 28.4 Å². The largest absolute Gasteiger partial charge is 0.497 e. The summed E-state index contributed by atoms with van der Waals surface area (Å²) in [5.74, 6) is -1.90. The number of benzene rings is 2. The van der Waals surface area contributed by atoms with Crippen LogP contribution >= 0.6 is 0 Å². The van der Waals surface area contributed by atoms with E-state index >= 15 is 0 Å². The van der Waals surface area contributed by atoms with Crippen molar-refractivity contribution in [1.82, 2.24) is 21.3 Å². The van der Waals surface area contributed by atoms with E-state index in [4.69, 9.17) is 23.7 Å². The van der Waals surface area contributed by atoms with Gasteiger partial charge in [-0.2, -0.15) is 0 Å². The Morgan fingerprint density at radius 1 is 0.594 bits per heavy atom. The first-order valence-electron chi connectivity index (χ1n) is 21.6. The molecule has 4 amide bonds. The van der Waals surface area contributed by atoms with Gasteiger partial charge in [-0.15, -0.1) is 0 Å². The minimum atomic E-state index is -1.76. The Hall–Kier alpha value is -4.79. The number of rotatable bonds is 21. The van der Waals surface area contributed by atoms with Crippen molar-refractivity contribution >= 4 is 37.9 Å². The van der Waals surface area contributed by atoms with Crippen LogP contribution in [0.25, 0.3) is 0 Å². The summed E-state index contributed by atoms with van der Waals surface area (Å²) in [5.41, 5.74) is 3.83. The highest BCUT2D eigenvalue weighted by atomic mass is 16.5. The summed E-state index contributed by atoms with van der Waals surface area (Å²) in [4.78, 5) is 50.8. The van der Waals surface area contributed by atoms with Gasteiger partial charge < -0.3 is 75.3 Å². The third-order valence-electron chi connectivity index (χ3n) is 11.4. The molecule has 0 aliphatic heterocycles. The fourth-order valence-corrected chi connectivity index (χ4v) is 8.07. The van der Waals surface area contributed by atoms with Crippen molar-refractivity contribution in [2.75, 3.05) is 48.8 Å². The number of aliphatic hydroxyl groups excluding tert-OH is 2. The van der Waals surface area contributed by atoms with Gasteiger partial charge in [-0.3, -0.25) is 19.2 Å². The molecule has 0 saturated carbocycles. The zero-order chi connectivity index (χ0) is 47.8. The number of carbonyl (C=O) groups is 4. The van der Waals surface area contributed by atoms with Gasteiger partial charge in [-0.05, 0) is 86.5 Å². The van der Waals surface area contributed by atoms with Gasteiger partial charge in [0, 0.05) is 23.0 Å². The number of ether oxygens (including phenoxy) is 5. The lowest BCUT2D eigenvalue weighted by Crippen LogP contribution is -2.56. The maximum Gasteiger partial charge on any atom is 0.475 e. The molecule has 356 valence electrons. The van der Waals surface area contributed by atoms with Crippen LogP contribution in [0.3, 0.4) is 0 Å². The molecule has 2 aromatic carbocycles. The van der Waals surface area contributed by atoms with Crippen molar-refractivity contribution in [3.05, 3.63) is 40.5 Å². The van der Waals surface area contributed by atoms with E-state index in [1.807, 2.05) is 45.9 Å². The van der Waals surface area contributed by atoms with E-state index in [2.05, 4.69) is 21.3 Å². The molecule has 19 nitrogen and oxygen atoms in total. The quantitative estimate of drug-likeness (QED) is 0.0718. The van der Waals surface area contributed by atoms with Crippen molar-refractivity contribution in [2.45, 2.75) is 103 Å². The molecule has 0 aromatic heterocycles. The highest BCUT2D eigenvalue weighted by Crippen LogP contribution is 2.52. The number of methoxy groups -OCH3 is 5. The number of carbonyl (C=O) groups excluding carboxylic acids is 4. The normalized spacial score (nSPS) is 17.1. The number of fused-ring (bicyclic) bond motifs is 2. The van der Waals surface area contributed by atoms with Crippen LogP contribution in [0, 0.1) is 23.7 Å². The van der Waals surface area contributed by atoms with Crippen LogP contribution in [0.5, 0.6) is 28.7 Å². The second kappa shape index (κ2) is 25.6. The van der Waals surface area contributed by atoms with Crippen LogP contribution in [-0.4, -0.2) is 141 Å². The predicted octanol–water partition coefficient (Wildman–Crippen LogP) is -0.334. The molecule has 2 aliphatic carbocycles. The Bertz CT molecular complexity index is 1840. The van der Waals surface area contributed by atoms with E-state index < -0.39 is 75.1 Å². The van der Waals surface area contributed by atoms with Crippen LogP contribution in [-0.2, 0) is 44.9 Å². The summed E-state index contributed by atoms with van der Waals surface area (Å²) >= 11 is 0. The Labute approximate surface area is 376 Å². The first kappa shape index (κ1) is 53.5. The topological polar surface area (TPSA) is 284 Å². The summed E-state index contributed by atoms with van der Waals surface area (Å²) in [7, 11) is 4.16. The van der Waals surface area contributed by atoms with Crippen LogP contribution in [0.4, 0.5) is 0 Å². The zero-order valence-electron chi connectivity index (χ0n) is 38.4. The SMILES string of the molecule is COc1c2c(c(OC)c(OC)c1OC)CC(C(=O)N[C@@H](CO)C(=O)N[C@@H](CC(C)C)B(O)O)CC2.COc1ccc2c(c1)CCC(C(=O)N[C@@H](CO)C(=O)N[C@@H](CC(C)C)B(O)O)C2. The minimum absolute atomic E-state index is 0.0918. The van der Waals surface area contributed by atoms with Crippen molar-refractivity contribution in [3.8, 4) is 28.7 Å². The molecule has 6 atom stereocenters. The van der Waals surface area contributed by atoms with Crippen LogP contribution < -0.4 is 45.0 Å². The average molecular weight is 903 g/mol. The lowest BCUT2D eigenvalue weighted by Gasteiger charge is -2.30. The van der Waals surface area contributed by atoms with Gasteiger partial charge in [-0.25, -0.2) is 0 Å². The third-order valence-corrected chi connectivity index (χ3v) is 11.4. The Morgan fingerprint density at radius 3 is 1.44 bits per heavy atom. The van der Waals surface area contributed by atoms with E-state index in [0.29, 0.717) is 67.9 Å². The first-order chi connectivity index (χ1) is 30.4. The van der Waals surface area contributed by atoms with Gasteiger partial charge >= 0.3 is 14.2 Å². The molecule has 0 heterocycles.